The van der Waals surface area contributed by atoms with Gasteiger partial charge in [0.15, 0.2) is 0 Å². The van der Waals surface area contributed by atoms with E-state index < -0.39 is 10.0 Å². The lowest BCUT2D eigenvalue weighted by atomic mass is 10.0. The third-order valence-corrected chi connectivity index (χ3v) is 9.00. The fourth-order valence-electron chi connectivity index (χ4n) is 3.88. The zero-order valence-corrected chi connectivity index (χ0v) is 18.2. The second kappa shape index (κ2) is 8.91. The van der Waals surface area contributed by atoms with Crippen LogP contribution in [0, 0.1) is 0 Å². The van der Waals surface area contributed by atoms with Crippen LogP contribution in [0.15, 0.2) is 39.4 Å². The van der Waals surface area contributed by atoms with Crippen LogP contribution in [0.25, 0.3) is 0 Å². The molecule has 4 rings (SSSR count). The van der Waals surface area contributed by atoms with E-state index in [2.05, 4.69) is 5.32 Å². The number of thiophene rings is 1. The molecule has 2 aromatic heterocycles. The van der Waals surface area contributed by atoms with Gasteiger partial charge in [-0.05, 0) is 43.9 Å². The van der Waals surface area contributed by atoms with Gasteiger partial charge in [-0.1, -0.05) is 0 Å². The summed E-state index contributed by atoms with van der Waals surface area (Å²) in [5, 5.41) is 3.02. The molecule has 0 atom stereocenters. The maximum absolute atomic E-state index is 12.6. The quantitative estimate of drug-likeness (QED) is 0.725. The molecular formula is C20H25N3O5S2. The van der Waals surface area contributed by atoms with Crippen molar-refractivity contribution in [1.82, 2.24) is 14.5 Å². The van der Waals surface area contributed by atoms with Crippen molar-refractivity contribution in [2.75, 3.05) is 26.2 Å². The monoisotopic (exact) mass is 451 g/mol. The molecule has 2 aromatic rings. The number of nitrogens with zero attached hydrogens (tertiary/aromatic N) is 2. The topological polar surface area (TPSA) is 99.9 Å². The molecule has 0 aliphatic carbocycles. The number of likely N-dealkylation sites (tertiary alicyclic amines) is 1. The zero-order valence-electron chi connectivity index (χ0n) is 16.6. The lowest BCUT2D eigenvalue weighted by Crippen LogP contribution is -2.46. The van der Waals surface area contributed by atoms with Crippen LogP contribution in [0.2, 0.25) is 0 Å². The molecule has 2 fully saturated rings. The summed E-state index contributed by atoms with van der Waals surface area (Å²) in [6.45, 7) is 2.29. The summed E-state index contributed by atoms with van der Waals surface area (Å²) >= 11 is 1.17. The van der Waals surface area contributed by atoms with Gasteiger partial charge >= 0.3 is 0 Å². The summed E-state index contributed by atoms with van der Waals surface area (Å²) in [5.74, 6) is -0.180. The van der Waals surface area contributed by atoms with Crippen molar-refractivity contribution in [2.45, 2.75) is 42.4 Å². The summed E-state index contributed by atoms with van der Waals surface area (Å²) in [5.41, 5.74) is 0.537. The van der Waals surface area contributed by atoms with Crippen molar-refractivity contribution >= 4 is 33.2 Å². The molecule has 0 aromatic carbocycles. The molecule has 4 heterocycles. The summed E-state index contributed by atoms with van der Waals surface area (Å²) in [6.07, 6.45) is 6.25. The number of sulfonamides is 1. The fourth-order valence-corrected chi connectivity index (χ4v) is 6.91. The average Bonchev–Trinajstić information content (AvgIpc) is 3.50. The molecule has 1 N–H and O–H groups in total. The first-order valence-corrected chi connectivity index (χ1v) is 12.4. The number of carbonyl (C=O) groups is 2. The molecule has 2 saturated heterocycles. The van der Waals surface area contributed by atoms with Crippen LogP contribution in [0.4, 0.5) is 0 Å². The Morgan fingerprint density at radius 1 is 1.10 bits per heavy atom. The van der Waals surface area contributed by atoms with Crippen LogP contribution in [-0.4, -0.2) is 61.7 Å². The highest BCUT2D eigenvalue weighted by molar-refractivity contribution is 7.91. The number of furan rings is 1. The molecule has 0 spiro atoms. The van der Waals surface area contributed by atoms with Gasteiger partial charge in [-0.15, -0.1) is 11.3 Å². The third-order valence-electron chi connectivity index (χ3n) is 5.55. The first-order valence-electron chi connectivity index (χ1n) is 10.1. The number of piperidine rings is 1. The first kappa shape index (κ1) is 21.1. The molecule has 162 valence electrons. The Morgan fingerprint density at radius 3 is 2.50 bits per heavy atom. The molecule has 0 saturated carbocycles. The first-order chi connectivity index (χ1) is 14.4. The molecule has 10 heteroatoms. The molecule has 0 unspecified atom stereocenters. The van der Waals surface area contributed by atoms with E-state index in [9.17, 15) is 18.0 Å². The van der Waals surface area contributed by atoms with E-state index in [0.717, 1.165) is 17.7 Å². The van der Waals surface area contributed by atoms with Crippen LogP contribution in [0.3, 0.4) is 0 Å². The van der Waals surface area contributed by atoms with Crippen LogP contribution in [0.5, 0.6) is 0 Å². The van der Waals surface area contributed by atoms with Crippen molar-refractivity contribution in [3.05, 3.63) is 41.2 Å². The molecule has 0 bridgehead atoms. The van der Waals surface area contributed by atoms with Crippen LogP contribution >= 0.6 is 11.3 Å². The van der Waals surface area contributed by atoms with E-state index >= 15 is 0 Å². The Kier molecular flexibility index (Phi) is 6.26. The van der Waals surface area contributed by atoms with Gasteiger partial charge in [0.1, 0.15) is 10.5 Å². The van der Waals surface area contributed by atoms with Gasteiger partial charge in [0.05, 0.1) is 18.2 Å². The highest BCUT2D eigenvalue weighted by Gasteiger charge is 2.29. The number of amides is 2. The number of rotatable bonds is 6. The largest absolute Gasteiger partial charge is 0.472 e. The Balaban J connectivity index is 1.27. The van der Waals surface area contributed by atoms with Crippen molar-refractivity contribution < 1.29 is 22.4 Å². The number of carbonyl (C=O) groups excluding carboxylic acids is 2. The zero-order chi connectivity index (χ0) is 21.1. The van der Waals surface area contributed by atoms with E-state index in [1.807, 2.05) is 0 Å². The minimum Gasteiger partial charge on any atom is -0.472 e. The summed E-state index contributed by atoms with van der Waals surface area (Å²) in [7, 11) is -3.44. The van der Waals surface area contributed by atoms with E-state index in [1.165, 1.54) is 28.2 Å². The van der Waals surface area contributed by atoms with E-state index in [1.54, 1.807) is 23.1 Å². The lowest BCUT2D eigenvalue weighted by Gasteiger charge is -2.32. The standard InChI is InChI=1S/C20H25N3O5S2/c24-18(13-17-3-4-19(29-17)30(26,27)23-8-1-2-9-23)21-16-5-10-22(11-6-16)20(25)15-7-12-28-14-15/h3-4,7,12,14,16H,1-2,5-6,8-11,13H2,(H,21,24). The molecule has 2 amide bonds. The highest BCUT2D eigenvalue weighted by Crippen LogP contribution is 2.27. The number of nitrogens with one attached hydrogen (secondary N) is 1. The predicted molar refractivity (Wildman–Crippen MR) is 112 cm³/mol. The minimum atomic E-state index is -3.44. The smallest absolute Gasteiger partial charge is 0.257 e. The van der Waals surface area contributed by atoms with Gasteiger partial charge < -0.3 is 14.6 Å². The normalized spacial score (nSPS) is 18.6. The van der Waals surface area contributed by atoms with Gasteiger partial charge in [-0.25, -0.2) is 8.42 Å². The Morgan fingerprint density at radius 2 is 1.83 bits per heavy atom. The molecule has 8 nitrogen and oxygen atoms in total. The Labute approximate surface area is 179 Å². The summed E-state index contributed by atoms with van der Waals surface area (Å²) in [4.78, 5) is 27.3. The average molecular weight is 452 g/mol. The third kappa shape index (κ3) is 4.60. The molecular weight excluding hydrogens is 426 g/mol. The maximum Gasteiger partial charge on any atom is 0.257 e. The van der Waals surface area contributed by atoms with Gasteiger partial charge in [-0.2, -0.15) is 4.31 Å². The second-order valence-corrected chi connectivity index (χ2v) is 11.0. The van der Waals surface area contributed by atoms with Crippen molar-refractivity contribution in [1.29, 1.82) is 0 Å². The molecule has 0 radical (unpaired) electrons. The maximum atomic E-state index is 12.6. The van der Waals surface area contributed by atoms with Crippen LogP contribution in [-0.2, 0) is 21.2 Å². The van der Waals surface area contributed by atoms with Gasteiger partial charge in [-0.3, -0.25) is 9.59 Å². The summed E-state index contributed by atoms with van der Waals surface area (Å²) < 4.78 is 32.0. The van der Waals surface area contributed by atoms with Crippen LogP contribution in [0.1, 0.15) is 40.9 Å². The predicted octanol–water partition coefficient (Wildman–Crippen LogP) is 2.09. The second-order valence-electron chi connectivity index (χ2n) is 7.65. The van der Waals surface area contributed by atoms with E-state index in [4.69, 9.17) is 4.42 Å². The number of hydrogen-bond donors (Lipinski definition) is 1. The Hall–Kier alpha value is -2.17. The molecule has 2 aliphatic heterocycles. The summed E-state index contributed by atoms with van der Waals surface area (Å²) in [6, 6.07) is 4.98. The fraction of sp³-hybridized carbons (Fsp3) is 0.500. The minimum absolute atomic E-state index is 0.0127. The van der Waals surface area contributed by atoms with E-state index in [-0.39, 0.29) is 24.3 Å². The van der Waals surface area contributed by atoms with Gasteiger partial charge in [0, 0.05) is 37.1 Å². The molecule has 2 aliphatic rings. The van der Waals surface area contributed by atoms with Gasteiger partial charge in [0.25, 0.3) is 15.9 Å². The molecule has 30 heavy (non-hydrogen) atoms. The Bertz CT molecular complexity index is 986. The van der Waals surface area contributed by atoms with Crippen molar-refractivity contribution in [3.63, 3.8) is 0 Å². The van der Waals surface area contributed by atoms with E-state index in [0.29, 0.717) is 48.8 Å². The van der Waals surface area contributed by atoms with Crippen LogP contribution < -0.4 is 5.32 Å². The van der Waals surface area contributed by atoms with Crippen molar-refractivity contribution in [2.24, 2.45) is 0 Å². The van der Waals surface area contributed by atoms with Gasteiger partial charge in [0.2, 0.25) is 5.91 Å². The number of hydrogen-bond acceptors (Lipinski definition) is 6. The lowest BCUT2D eigenvalue weighted by molar-refractivity contribution is -0.121. The van der Waals surface area contributed by atoms with Crippen molar-refractivity contribution in [3.8, 4) is 0 Å². The highest BCUT2D eigenvalue weighted by atomic mass is 32.2. The SMILES string of the molecule is O=C(Cc1ccc(S(=O)(=O)N2CCCC2)s1)NC1CCN(C(=O)c2ccoc2)CC1.